The van der Waals surface area contributed by atoms with Gasteiger partial charge in [-0.15, -0.1) is 0 Å². The minimum atomic E-state index is -0.107. The third-order valence-electron chi connectivity index (χ3n) is 2.19. The molecule has 1 aromatic carbocycles. The first kappa shape index (κ1) is 9.60. The Kier molecular flexibility index (Phi) is 2.57. The first-order chi connectivity index (χ1) is 6.06. The van der Waals surface area contributed by atoms with E-state index >= 15 is 0 Å². The summed E-state index contributed by atoms with van der Waals surface area (Å²) in [6.07, 6.45) is 0.510. The molecule has 0 fully saturated rings. The van der Waals surface area contributed by atoms with E-state index in [1.807, 2.05) is 38.1 Å². The summed E-state index contributed by atoms with van der Waals surface area (Å²) in [7, 11) is 0. The van der Waals surface area contributed by atoms with Crippen molar-refractivity contribution >= 4 is 5.69 Å². The third-order valence-corrected chi connectivity index (χ3v) is 2.19. The normalized spacial score (nSPS) is 10.8. The average Bonchev–Trinajstić information content (AvgIpc) is 2.04. The van der Waals surface area contributed by atoms with Crippen LogP contribution in [0.3, 0.4) is 0 Å². The van der Waals surface area contributed by atoms with Crippen molar-refractivity contribution in [1.29, 1.82) is 5.26 Å². The molecule has 1 rings (SSSR count). The summed E-state index contributed by atoms with van der Waals surface area (Å²) in [4.78, 5) is 0. The molecule has 2 heteroatoms. The molecule has 13 heavy (non-hydrogen) atoms. The summed E-state index contributed by atoms with van der Waals surface area (Å²) in [5.41, 5.74) is 7.43. The molecule has 0 heterocycles. The number of nitrogens with two attached hydrogens (primary N) is 1. The van der Waals surface area contributed by atoms with Crippen LogP contribution in [-0.4, -0.2) is 0 Å². The Balaban J connectivity index is 3.01. The maximum absolute atomic E-state index is 8.65. The lowest BCUT2D eigenvalue weighted by atomic mass is 9.82. The molecule has 0 aliphatic carbocycles. The van der Waals surface area contributed by atoms with Gasteiger partial charge in [-0.2, -0.15) is 5.26 Å². The van der Waals surface area contributed by atoms with E-state index in [2.05, 4.69) is 6.07 Å². The highest BCUT2D eigenvalue weighted by atomic mass is 14.5. The molecule has 0 unspecified atom stereocenters. The van der Waals surface area contributed by atoms with Gasteiger partial charge in [0.25, 0.3) is 0 Å². The van der Waals surface area contributed by atoms with Crippen LogP contribution >= 0.6 is 0 Å². The first-order valence-corrected chi connectivity index (χ1v) is 4.29. The van der Waals surface area contributed by atoms with E-state index < -0.39 is 0 Å². The summed E-state index contributed by atoms with van der Waals surface area (Å²) in [6, 6.07) is 9.89. The van der Waals surface area contributed by atoms with E-state index in [-0.39, 0.29) is 5.41 Å². The van der Waals surface area contributed by atoms with Crippen molar-refractivity contribution in [1.82, 2.24) is 0 Å². The maximum Gasteiger partial charge on any atom is 0.0630 e. The maximum atomic E-state index is 8.65. The van der Waals surface area contributed by atoms with E-state index in [0.717, 1.165) is 11.3 Å². The SMILES string of the molecule is CC(C)(CC#N)c1cccc(N)c1. The fourth-order valence-electron chi connectivity index (χ4n) is 1.26. The minimum Gasteiger partial charge on any atom is -0.399 e. The lowest BCUT2D eigenvalue weighted by molar-refractivity contribution is 0.540. The van der Waals surface area contributed by atoms with Gasteiger partial charge >= 0.3 is 0 Å². The molecule has 1 aromatic rings. The average molecular weight is 174 g/mol. The number of anilines is 1. The number of nitrogen functional groups attached to an aromatic ring is 1. The summed E-state index contributed by atoms with van der Waals surface area (Å²) in [5, 5.41) is 8.65. The quantitative estimate of drug-likeness (QED) is 0.700. The van der Waals surface area contributed by atoms with Crippen molar-refractivity contribution in [2.75, 3.05) is 5.73 Å². The van der Waals surface area contributed by atoms with Crippen molar-refractivity contribution in [2.24, 2.45) is 0 Å². The Labute approximate surface area is 79.0 Å². The smallest absolute Gasteiger partial charge is 0.0630 e. The topological polar surface area (TPSA) is 49.8 Å². The lowest BCUT2D eigenvalue weighted by Gasteiger charge is -2.21. The van der Waals surface area contributed by atoms with Crippen LogP contribution in [0.1, 0.15) is 25.8 Å². The summed E-state index contributed by atoms with van der Waals surface area (Å²) < 4.78 is 0. The molecule has 0 aliphatic rings. The van der Waals surface area contributed by atoms with Crippen molar-refractivity contribution in [3.05, 3.63) is 29.8 Å². The van der Waals surface area contributed by atoms with Gasteiger partial charge in [0.1, 0.15) is 0 Å². The van der Waals surface area contributed by atoms with Gasteiger partial charge in [0.15, 0.2) is 0 Å². The molecule has 0 radical (unpaired) electrons. The van der Waals surface area contributed by atoms with Gasteiger partial charge in [-0.05, 0) is 17.7 Å². The van der Waals surface area contributed by atoms with Gasteiger partial charge in [-0.1, -0.05) is 26.0 Å². The van der Waals surface area contributed by atoms with Gasteiger partial charge in [0, 0.05) is 17.5 Å². The summed E-state index contributed by atoms with van der Waals surface area (Å²) in [6.45, 7) is 4.09. The van der Waals surface area contributed by atoms with Crippen LogP contribution in [0.25, 0.3) is 0 Å². The molecule has 2 nitrogen and oxygen atoms in total. The number of hydrogen-bond donors (Lipinski definition) is 1. The van der Waals surface area contributed by atoms with Crippen molar-refractivity contribution in [3.8, 4) is 6.07 Å². The van der Waals surface area contributed by atoms with Crippen LogP contribution in [0.2, 0.25) is 0 Å². The number of nitriles is 1. The number of hydrogen-bond acceptors (Lipinski definition) is 2. The van der Waals surface area contributed by atoms with Crippen molar-refractivity contribution in [3.63, 3.8) is 0 Å². The first-order valence-electron chi connectivity index (χ1n) is 4.29. The van der Waals surface area contributed by atoms with Crippen molar-refractivity contribution < 1.29 is 0 Å². The third kappa shape index (κ3) is 2.22. The molecule has 0 spiro atoms. The highest BCUT2D eigenvalue weighted by molar-refractivity contribution is 5.43. The van der Waals surface area contributed by atoms with Crippen LogP contribution in [0, 0.1) is 11.3 Å². The van der Waals surface area contributed by atoms with Gasteiger partial charge in [0.05, 0.1) is 6.07 Å². The Morgan fingerprint density at radius 3 is 2.69 bits per heavy atom. The second-order valence-electron chi connectivity index (χ2n) is 3.84. The molecular weight excluding hydrogens is 160 g/mol. The monoisotopic (exact) mass is 174 g/mol. The Morgan fingerprint density at radius 2 is 2.15 bits per heavy atom. The summed E-state index contributed by atoms with van der Waals surface area (Å²) >= 11 is 0. The largest absolute Gasteiger partial charge is 0.399 e. The molecule has 0 aromatic heterocycles. The predicted octanol–water partition coefficient (Wildman–Crippen LogP) is 2.46. The minimum absolute atomic E-state index is 0.107. The molecule has 2 N–H and O–H groups in total. The highest BCUT2D eigenvalue weighted by Crippen LogP contribution is 2.27. The second-order valence-corrected chi connectivity index (χ2v) is 3.84. The van der Waals surface area contributed by atoms with Crippen molar-refractivity contribution in [2.45, 2.75) is 25.7 Å². The van der Waals surface area contributed by atoms with Gasteiger partial charge in [-0.3, -0.25) is 0 Å². The van der Waals surface area contributed by atoms with Gasteiger partial charge in [0.2, 0.25) is 0 Å². The second kappa shape index (κ2) is 3.49. The zero-order valence-electron chi connectivity index (χ0n) is 8.04. The molecule has 0 aliphatic heterocycles. The van der Waals surface area contributed by atoms with E-state index in [1.165, 1.54) is 0 Å². The number of nitrogens with zero attached hydrogens (tertiary/aromatic N) is 1. The van der Waals surface area contributed by atoms with Crippen LogP contribution in [0.15, 0.2) is 24.3 Å². The predicted molar refractivity (Wildman–Crippen MR) is 54.1 cm³/mol. The molecule has 0 saturated heterocycles. The Hall–Kier alpha value is -1.49. The lowest BCUT2D eigenvalue weighted by Crippen LogP contribution is -2.16. The fourth-order valence-corrected chi connectivity index (χ4v) is 1.26. The van der Waals surface area contributed by atoms with E-state index in [4.69, 9.17) is 11.0 Å². The van der Waals surface area contributed by atoms with Gasteiger partial charge < -0.3 is 5.73 Å². The van der Waals surface area contributed by atoms with Crippen LogP contribution in [0.5, 0.6) is 0 Å². The zero-order chi connectivity index (χ0) is 9.90. The molecule has 0 bridgehead atoms. The van der Waals surface area contributed by atoms with E-state index in [1.54, 1.807) is 0 Å². The molecular formula is C11H14N2. The van der Waals surface area contributed by atoms with Crippen LogP contribution in [-0.2, 0) is 5.41 Å². The standard InChI is InChI=1S/C11H14N2/c1-11(2,6-7-12)9-4-3-5-10(13)8-9/h3-5,8H,6,13H2,1-2H3. The zero-order valence-corrected chi connectivity index (χ0v) is 8.04. The van der Waals surface area contributed by atoms with E-state index in [9.17, 15) is 0 Å². The molecule has 0 atom stereocenters. The molecule has 0 amide bonds. The Bertz CT molecular complexity index is 334. The van der Waals surface area contributed by atoms with E-state index in [0.29, 0.717) is 6.42 Å². The Morgan fingerprint density at radius 1 is 1.46 bits per heavy atom. The molecule has 0 saturated carbocycles. The van der Waals surface area contributed by atoms with Crippen LogP contribution in [0.4, 0.5) is 5.69 Å². The van der Waals surface area contributed by atoms with Gasteiger partial charge in [-0.25, -0.2) is 0 Å². The van der Waals surface area contributed by atoms with Crippen LogP contribution < -0.4 is 5.73 Å². The number of benzene rings is 1. The highest BCUT2D eigenvalue weighted by Gasteiger charge is 2.19. The molecule has 68 valence electrons. The fraction of sp³-hybridized carbons (Fsp3) is 0.364. The summed E-state index contributed by atoms with van der Waals surface area (Å²) in [5.74, 6) is 0. The number of rotatable bonds is 2.